The first-order valence-electron chi connectivity index (χ1n) is 10.6. The number of benzene rings is 2. The maximum atomic E-state index is 13.6. The van der Waals surface area contributed by atoms with E-state index in [1.807, 2.05) is 0 Å². The first-order chi connectivity index (χ1) is 16.8. The lowest BCUT2D eigenvalue weighted by molar-refractivity contribution is -0.274. The molecule has 0 saturated heterocycles. The summed E-state index contributed by atoms with van der Waals surface area (Å²) in [6.45, 7) is 0.228. The van der Waals surface area contributed by atoms with Crippen LogP contribution in [0, 0.1) is 0 Å². The van der Waals surface area contributed by atoms with Gasteiger partial charge in [-0.2, -0.15) is 0 Å². The number of carbonyl (C=O) groups is 1. The van der Waals surface area contributed by atoms with Gasteiger partial charge in [0.1, 0.15) is 22.7 Å². The molecule has 0 aliphatic carbocycles. The van der Waals surface area contributed by atoms with E-state index in [0.29, 0.717) is 27.8 Å². The Balaban J connectivity index is 1.61. The van der Waals surface area contributed by atoms with Gasteiger partial charge in [-0.3, -0.25) is 14.6 Å². The summed E-state index contributed by atoms with van der Waals surface area (Å²) in [5.41, 5.74) is -0.388. The smallest absolute Gasteiger partial charge is 0.491 e. The quantitative estimate of drug-likeness (QED) is 0.454. The third-order valence-electron chi connectivity index (χ3n) is 5.87. The van der Waals surface area contributed by atoms with Crippen molar-refractivity contribution in [3.63, 3.8) is 0 Å². The normalized spacial score (nSPS) is 17.3. The molecule has 1 atom stereocenters. The van der Waals surface area contributed by atoms with E-state index in [9.17, 15) is 22.8 Å². The molecule has 4 aromatic rings. The maximum absolute atomic E-state index is 13.6. The lowest BCUT2D eigenvalue weighted by atomic mass is 9.81. The molecule has 0 spiro atoms. The third-order valence-corrected chi connectivity index (χ3v) is 5.87. The molecule has 10 heteroatoms. The first-order valence-corrected chi connectivity index (χ1v) is 10.6. The van der Waals surface area contributed by atoms with Gasteiger partial charge in [-0.05, 0) is 35.9 Å². The summed E-state index contributed by atoms with van der Waals surface area (Å²) < 4.78 is 47.7. The minimum Gasteiger partial charge on any atom is -0.491 e. The Morgan fingerprint density at radius 1 is 1.06 bits per heavy atom. The number of aromatic amines is 1. The predicted octanol–water partition coefficient (Wildman–Crippen LogP) is 4.28. The molecule has 1 aliphatic rings. The molecule has 178 valence electrons. The van der Waals surface area contributed by atoms with Crippen LogP contribution in [0.25, 0.3) is 10.8 Å². The third kappa shape index (κ3) is 4.18. The van der Waals surface area contributed by atoms with Gasteiger partial charge in [0.25, 0.3) is 11.5 Å². The fourth-order valence-electron chi connectivity index (χ4n) is 4.33. The molecule has 1 unspecified atom stereocenters. The van der Waals surface area contributed by atoms with Crippen LogP contribution >= 0.6 is 0 Å². The highest BCUT2D eigenvalue weighted by Crippen LogP contribution is 2.41. The zero-order valence-corrected chi connectivity index (χ0v) is 18.1. The average Bonchev–Trinajstić information content (AvgIpc) is 2.84. The van der Waals surface area contributed by atoms with E-state index in [1.54, 1.807) is 42.6 Å². The van der Waals surface area contributed by atoms with Crippen LogP contribution < -0.4 is 20.3 Å². The number of ether oxygens (including phenoxy) is 2. The van der Waals surface area contributed by atoms with Crippen molar-refractivity contribution < 1.29 is 27.4 Å². The highest BCUT2D eigenvalue weighted by Gasteiger charge is 2.43. The van der Waals surface area contributed by atoms with Gasteiger partial charge in [0, 0.05) is 29.6 Å². The summed E-state index contributed by atoms with van der Waals surface area (Å²) in [6.07, 6.45) is -1.67. The van der Waals surface area contributed by atoms with Crippen molar-refractivity contribution in [3.05, 3.63) is 100 Å². The molecule has 2 N–H and O–H groups in total. The van der Waals surface area contributed by atoms with Gasteiger partial charge < -0.3 is 19.8 Å². The lowest BCUT2D eigenvalue weighted by Crippen LogP contribution is -2.50. The Kier molecular flexibility index (Phi) is 5.43. The van der Waals surface area contributed by atoms with Crippen LogP contribution in [-0.4, -0.2) is 28.8 Å². The molecule has 0 bridgehead atoms. The molecule has 1 amide bonds. The van der Waals surface area contributed by atoms with Gasteiger partial charge in [0.2, 0.25) is 0 Å². The van der Waals surface area contributed by atoms with Crippen molar-refractivity contribution in [2.45, 2.75) is 18.3 Å². The molecule has 1 aliphatic heterocycles. The van der Waals surface area contributed by atoms with Gasteiger partial charge in [0.05, 0.1) is 12.2 Å². The molecular formula is C25H18F3N3O4. The number of rotatable bonds is 4. The summed E-state index contributed by atoms with van der Waals surface area (Å²) >= 11 is 0. The molecule has 3 heterocycles. The van der Waals surface area contributed by atoms with E-state index in [2.05, 4.69) is 20.0 Å². The molecule has 0 saturated carbocycles. The average molecular weight is 481 g/mol. The van der Waals surface area contributed by atoms with Crippen molar-refractivity contribution in [1.82, 2.24) is 15.3 Å². The monoisotopic (exact) mass is 481 g/mol. The fourth-order valence-corrected chi connectivity index (χ4v) is 4.33. The van der Waals surface area contributed by atoms with E-state index in [4.69, 9.17) is 4.74 Å². The van der Waals surface area contributed by atoms with Gasteiger partial charge in [0.15, 0.2) is 0 Å². The standard InChI is InChI=1S/C25H18F3N3O4/c26-25(27,28)35-16-9-7-15(8-10-16)24(11-13-34-20-6-3-12-29-21(20)24)31-23(33)19-14-30-22(32)18-5-2-1-4-17(18)19/h1-10,12,14H,11,13H2,(H,30,32)(H,31,33). The molecular weight excluding hydrogens is 463 g/mol. The summed E-state index contributed by atoms with van der Waals surface area (Å²) in [5, 5.41) is 3.85. The van der Waals surface area contributed by atoms with E-state index in [1.165, 1.54) is 30.5 Å². The zero-order valence-electron chi connectivity index (χ0n) is 18.1. The number of aromatic nitrogens is 2. The number of pyridine rings is 2. The Morgan fingerprint density at radius 3 is 2.54 bits per heavy atom. The Bertz CT molecular complexity index is 1470. The second-order valence-electron chi connectivity index (χ2n) is 7.96. The molecule has 35 heavy (non-hydrogen) atoms. The topological polar surface area (TPSA) is 93.3 Å². The number of amides is 1. The number of H-pyrrole nitrogens is 1. The van der Waals surface area contributed by atoms with Crippen LogP contribution in [-0.2, 0) is 5.54 Å². The molecule has 0 radical (unpaired) electrons. The number of carbonyl (C=O) groups excluding carboxylic acids is 1. The number of alkyl halides is 3. The second kappa shape index (κ2) is 8.46. The Labute approximate surface area is 196 Å². The number of nitrogens with one attached hydrogen (secondary N) is 2. The van der Waals surface area contributed by atoms with Crippen LogP contribution in [0.3, 0.4) is 0 Å². The summed E-state index contributed by atoms with van der Waals surface area (Å²) in [6, 6.07) is 15.4. The zero-order chi connectivity index (χ0) is 24.6. The van der Waals surface area contributed by atoms with E-state index in [0.717, 1.165) is 0 Å². The van der Waals surface area contributed by atoms with Crippen molar-refractivity contribution in [1.29, 1.82) is 0 Å². The van der Waals surface area contributed by atoms with E-state index < -0.39 is 17.8 Å². The van der Waals surface area contributed by atoms with Crippen LogP contribution in [0.15, 0.2) is 77.9 Å². The summed E-state index contributed by atoms with van der Waals surface area (Å²) in [7, 11) is 0. The van der Waals surface area contributed by atoms with Crippen LogP contribution in [0.2, 0.25) is 0 Å². The van der Waals surface area contributed by atoms with Crippen molar-refractivity contribution in [3.8, 4) is 11.5 Å². The van der Waals surface area contributed by atoms with Crippen LogP contribution in [0.1, 0.15) is 28.0 Å². The highest BCUT2D eigenvalue weighted by molar-refractivity contribution is 6.06. The predicted molar refractivity (Wildman–Crippen MR) is 120 cm³/mol. The van der Waals surface area contributed by atoms with Gasteiger partial charge in [-0.1, -0.05) is 30.3 Å². The highest BCUT2D eigenvalue weighted by atomic mass is 19.4. The van der Waals surface area contributed by atoms with Crippen molar-refractivity contribution >= 4 is 16.7 Å². The van der Waals surface area contributed by atoms with Gasteiger partial charge in [-0.25, -0.2) is 0 Å². The molecule has 2 aromatic heterocycles. The van der Waals surface area contributed by atoms with Crippen LogP contribution in [0.5, 0.6) is 11.5 Å². The Morgan fingerprint density at radius 2 is 1.80 bits per heavy atom. The van der Waals surface area contributed by atoms with E-state index in [-0.39, 0.29) is 29.9 Å². The minimum absolute atomic E-state index is 0.228. The number of fused-ring (bicyclic) bond motifs is 2. The number of hydrogen-bond donors (Lipinski definition) is 2. The Hall–Kier alpha value is -4.34. The minimum atomic E-state index is -4.83. The molecule has 2 aromatic carbocycles. The van der Waals surface area contributed by atoms with Crippen molar-refractivity contribution in [2.75, 3.05) is 6.61 Å². The van der Waals surface area contributed by atoms with Gasteiger partial charge >= 0.3 is 6.36 Å². The molecule has 5 rings (SSSR count). The van der Waals surface area contributed by atoms with Gasteiger partial charge in [-0.15, -0.1) is 13.2 Å². The fraction of sp³-hybridized carbons (Fsp3) is 0.160. The van der Waals surface area contributed by atoms with Crippen molar-refractivity contribution in [2.24, 2.45) is 0 Å². The molecule has 0 fully saturated rings. The largest absolute Gasteiger partial charge is 0.573 e. The SMILES string of the molecule is O=C(NC1(c2ccc(OC(F)(F)F)cc2)CCOc2cccnc21)c1c[nH]c(=O)c2ccccc12. The second-order valence-corrected chi connectivity index (χ2v) is 7.96. The summed E-state index contributed by atoms with van der Waals surface area (Å²) in [5.74, 6) is -0.435. The lowest BCUT2D eigenvalue weighted by Gasteiger charge is -2.39. The number of nitrogens with zero attached hydrogens (tertiary/aromatic N) is 1. The van der Waals surface area contributed by atoms with E-state index >= 15 is 0 Å². The molecule has 7 nitrogen and oxygen atoms in total. The first kappa shape index (κ1) is 22.5. The van der Waals surface area contributed by atoms with Crippen LogP contribution in [0.4, 0.5) is 13.2 Å². The summed E-state index contributed by atoms with van der Waals surface area (Å²) in [4.78, 5) is 32.9. The maximum Gasteiger partial charge on any atom is 0.573 e. The number of halogens is 3. The number of hydrogen-bond acceptors (Lipinski definition) is 5.